The molecule has 17 heavy (non-hydrogen) atoms. The second-order valence-corrected chi connectivity index (χ2v) is 4.99. The van der Waals surface area contributed by atoms with Gasteiger partial charge in [0.2, 0.25) is 0 Å². The van der Waals surface area contributed by atoms with Crippen molar-refractivity contribution in [1.29, 1.82) is 0 Å². The van der Waals surface area contributed by atoms with Crippen LogP contribution in [0, 0.1) is 5.82 Å². The number of aliphatic imine (C=N–C) groups is 1. The van der Waals surface area contributed by atoms with Gasteiger partial charge >= 0.3 is 0 Å². The number of hydrogen-bond donors (Lipinski definition) is 1. The highest BCUT2D eigenvalue weighted by molar-refractivity contribution is 9.10. The standard InChI is InChI=1S/C12H15BrFN3/c1-2-5-17-11(7-16-12(17)15)9-6-8(13)3-4-10(9)14/h3-4,6,11H,2,5,7H2,1H3,(H2,15,16). The normalized spacial score (nSPS) is 19.6. The van der Waals surface area contributed by atoms with Gasteiger partial charge in [-0.25, -0.2) is 4.39 Å². The zero-order chi connectivity index (χ0) is 12.4. The van der Waals surface area contributed by atoms with Crippen molar-refractivity contribution < 1.29 is 4.39 Å². The highest BCUT2D eigenvalue weighted by Gasteiger charge is 2.28. The van der Waals surface area contributed by atoms with E-state index in [4.69, 9.17) is 5.73 Å². The monoisotopic (exact) mass is 299 g/mol. The second kappa shape index (κ2) is 5.04. The first kappa shape index (κ1) is 12.4. The van der Waals surface area contributed by atoms with Crippen molar-refractivity contribution in [3.8, 4) is 0 Å². The van der Waals surface area contributed by atoms with E-state index in [0.717, 1.165) is 17.4 Å². The molecule has 1 atom stereocenters. The molecule has 2 rings (SSSR count). The molecule has 0 aromatic heterocycles. The third kappa shape index (κ3) is 2.44. The second-order valence-electron chi connectivity index (χ2n) is 4.07. The van der Waals surface area contributed by atoms with Crippen LogP contribution in [0.25, 0.3) is 0 Å². The van der Waals surface area contributed by atoms with Crippen LogP contribution in [0.2, 0.25) is 0 Å². The number of rotatable bonds is 3. The quantitative estimate of drug-likeness (QED) is 0.932. The molecule has 0 amide bonds. The molecule has 0 radical (unpaired) electrons. The third-order valence-electron chi connectivity index (χ3n) is 2.88. The number of nitrogens with zero attached hydrogens (tertiary/aromatic N) is 2. The van der Waals surface area contributed by atoms with E-state index in [1.807, 2.05) is 4.90 Å². The molecule has 1 unspecified atom stereocenters. The molecule has 0 spiro atoms. The molecule has 0 saturated heterocycles. The van der Waals surface area contributed by atoms with E-state index in [2.05, 4.69) is 27.8 Å². The van der Waals surface area contributed by atoms with Gasteiger partial charge < -0.3 is 10.6 Å². The highest BCUT2D eigenvalue weighted by atomic mass is 79.9. The summed E-state index contributed by atoms with van der Waals surface area (Å²) >= 11 is 3.36. The molecular weight excluding hydrogens is 285 g/mol. The summed E-state index contributed by atoms with van der Waals surface area (Å²) < 4.78 is 14.7. The van der Waals surface area contributed by atoms with Crippen molar-refractivity contribution in [3.05, 3.63) is 34.1 Å². The number of hydrogen-bond acceptors (Lipinski definition) is 3. The van der Waals surface area contributed by atoms with E-state index in [9.17, 15) is 4.39 Å². The summed E-state index contributed by atoms with van der Waals surface area (Å²) in [6.45, 7) is 3.39. The molecule has 1 aliphatic rings. The Labute approximate surface area is 109 Å². The Morgan fingerprint density at radius 2 is 2.35 bits per heavy atom. The lowest BCUT2D eigenvalue weighted by molar-refractivity contribution is 0.338. The van der Waals surface area contributed by atoms with E-state index >= 15 is 0 Å². The zero-order valence-corrected chi connectivity index (χ0v) is 11.2. The van der Waals surface area contributed by atoms with Crippen LogP contribution in [-0.4, -0.2) is 23.9 Å². The van der Waals surface area contributed by atoms with Crippen LogP contribution in [-0.2, 0) is 0 Å². The Morgan fingerprint density at radius 1 is 1.59 bits per heavy atom. The molecule has 3 nitrogen and oxygen atoms in total. The molecule has 2 N–H and O–H groups in total. The maximum absolute atomic E-state index is 13.8. The molecule has 1 aliphatic heterocycles. The summed E-state index contributed by atoms with van der Waals surface area (Å²) in [7, 11) is 0. The average Bonchev–Trinajstić information content (AvgIpc) is 2.65. The SMILES string of the molecule is CCCN1C(N)=NCC1c1cc(Br)ccc1F. The molecule has 0 fully saturated rings. The summed E-state index contributed by atoms with van der Waals surface area (Å²) in [6.07, 6.45) is 0.961. The van der Waals surface area contributed by atoms with Crippen molar-refractivity contribution >= 4 is 21.9 Å². The summed E-state index contributed by atoms with van der Waals surface area (Å²) in [5.41, 5.74) is 6.47. The lowest BCUT2D eigenvalue weighted by atomic mass is 10.1. The Morgan fingerprint density at radius 3 is 3.06 bits per heavy atom. The van der Waals surface area contributed by atoms with Crippen molar-refractivity contribution in [3.63, 3.8) is 0 Å². The van der Waals surface area contributed by atoms with Crippen LogP contribution < -0.4 is 5.73 Å². The summed E-state index contributed by atoms with van der Waals surface area (Å²) in [5.74, 6) is 0.306. The van der Waals surface area contributed by atoms with E-state index in [1.54, 1.807) is 12.1 Å². The first-order valence-corrected chi connectivity index (χ1v) is 6.44. The van der Waals surface area contributed by atoms with E-state index in [-0.39, 0.29) is 11.9 Å². The average molecular weight is 300 g/mol. The van der Waals surface area contributed by atoms with Crippen molar-refractivity contribution in [2.24, 2.45) is 10.7 Å². The van der Waals surface area contributed by atoms with E-state index < -0.39 is 0 Å². The van der Waals surface area contributed by atoms with Gasteiger partial charge in [0.1, 0.15) is 5.82 Å². The largest absolute Gasteiger partial charge is 0.370 e. The molecule has 1 heterocycles. The fourth-order valence-corrected chi connectivity index (χ4v) is 2.46. The molecule has 0 aliphatic carbocycles. The molecule has 0 bridgehead atoms. The molecule has 92 valence electrons. The topological polar surface area (TPSA) is 41.6 Å². The van der Waals surface area contributed by atoms with Crippen molar-refractivity contribution in [2.75, 3.05) is 13.1 Å². The smallest absolute Gasteiger partial charge is 0.191 e. The molecular formula is C12H15BrFN3. The van der Waals surface area contributed by atoms with E-state index in [1.165, 1.54) is 6.07 Å². The lowest BCUT2D eigenvalue weighted by Gasteiger charge is -2.26. The molecule has 1 aromatic carbocycles. The van der Waals surface area contributed by atoms with Crippen molar-refractivity contribution in [2.45, 2.75) is 19.4 Å². The third-order valence-corrected chi connectivity index (χ3v) is 3.37. The van der Waals surface area contributed by atoms with Crippen LogP contribution in [0.1, 0.15) is 24.9 Å². The first-order valence-electron chi connectivity index (χ1n) is 5.65. The minimum absolute atomic E-state index is 0.0764. The predicted octanol–water partition coefficient (Wildman–Crippen LogP) is 2.67. The minimum Gasteiger partial charge on any atom is -0.370 e. The van der Waals surface area contributed by atoms with Gasteiger partial charge in [-0.1, -0.05) is 22.9 Å². The van der Waals surface area contributed by atoms with Gasteiger partial charge in [-0.2, -0.15) is 0 Å². The van der Waals surface area contributed by atoms with Crippen LogP contribution in [0.5, 0.6) is 0 Å². The Balaban J connectivity index is 2.30. The summed E-state index contributed by atoms with van der Waals surface area (Å²) in [4.78, 5) is 6.17. The Hall–Kier alpha value is -1.10. The van der Waals surface area contributed by atoms with Crippen LogP contribution in [0.3, 0.4) is 0 Å². The van der Waals surface area contributed by atoms with Crippen LogP contribution in [0.4, 0.5) is 4.39 Å². The molecule has 5 heteroatoms. The van der Waals surface area contributed by atoms with Gasteiger partial charge in [0, 0.05) is 16.6 Å². The maximum Gasteiger partial charge on any atom is 0.191 e. The van der Waals surface area contributed by atoms with Gasteiger partial charge in [0.15, 0.2) is 5.96 Å². The minimum atomic E-state index is -0.204. The fraction of sp³-hybridized carbons (Fsp3) is 0.417. The van der Waals surface area contributed by atoms with Crippen LogP contribution in [0.15, 0.2) is 27.7 Å². The van der Waals surface area contributed by atoms with Crippen LogP contribution >= 0.6 is 15.9 Å². The molecule has 1 aromatic rings. The fourth-order valence-electron chi connectivity index (χ4n) is 2.08. The highest BCUT2D eigenvalue weighted by Crippen LogP contribution is 2.29. The van der Waals surface area contributed by atoms with Gasteiger partial charge in [0.25, 0.3) is 0 Å². The van der Waals surface area contributed by atoms with Gasteiger partial charge in [0.05, 0.1) is 12.6 Å². The summed E-state index contributed by atoms with van der Waals surface area (Å²) in [6, 6.07) is 4.89. The number of guanidine groups is 1. The van der Waals surface area contributed by atoms with Gasteiger partial charge in [-0.3, -0.25) is 4.99 Å². The Kier molecular flexibility index (Phi) is 3.66. The summed E-state index contributed by atoms with van der Waals surface area (Å²) in [5, 5.41) is 0. The van der Waals surface area contributed by atoms with Gasteiger partial charge in [-0.05, 0) is 24.6 Å². The van der Waals surface area contributed by atoms with Crippen molar-refractivity contribution in [1.82, 2.24) is 4.90 Å². The predicted molar refractivity (Wildman–Crippen MR) is 70.3 cm³/mol. The molecule has 0 saturated carbocycles. The number of nitrogens with two attached hydrogens (primary N) is 1. The number of benzene rings is 1. The van der Waals surface area contributed by atoms with E-state index in [0.29, 0.717) is 18.1 Å². The van der Waals surface area contributed by atoms with Gasteiger partial charge in [-0.15, -0.1) is 0 Å². The lowest BCUT2D eigenvalue weighted by Crippen LogP contribution is -2.36. The maximum atomic E-state index is 13.8. The first-order chi connectivity index (χ1) is 8.13. The Bertz CT molecular complexity index is 447. The zero-order valence-electron chi connectivity index (χ0n) is 9.66. The number of halogens is 2.